The van der Waals surface area contributed by atoms with E-state index in [0.29, 0.717) is 11.3 Å². The maximum absolute atomic E-state index is 9.16. The first-order valence-corrected chi connectivity index (χ1v) is 7.94. The van der Waals surface area contributed by atoms with Gasteiger partial charge in [-0.05, 0) is 70.3 Å². The van der Waals surface area contributed by atoms with Crippen LogP contribution in [0.15, 0.2) is 11.6 Å². The van der Waals surface area contributed by atoms with Crippen LogP contribution in [0.1, 0.15) is 65.7 Å². The Morgan fingerprint density at radius 1 is 1.32 bits per heavy atom. The minimum atomic E-state index is -0.0210. The van der Waals surface area contributed by atoms with Gasteiger partial charge in [0.15, 0.2) is 0 Å². The Morgan fingerprint density at radius 2 is 2.11 bits per heavy atom. The highest BCUT2D eigenvalue weighted by atomic mass is 16.5. The van der Waals surface area contributed by atoms with E-state index in [9.17, 15) is 0 Å². The molecule has 2 heteroatoms. The molecule has 0 radical (unpaired) electrons. The third-order valence-electron chi connectivity index (χ3n) is 6.18. The summed E-state index contributed by atoms with van der Waals surface area (Å²) in [5, 5.41) is 9.16. The lowest BCUT2D eigenvalue weighted by atomic mass is 9.55. The standard InChI is InChI=1S/C17H28O2/c1-15(2)14-8-10-16(3)9-4-6-13(7-5-11-18)17(16,12-14)19-15/h6,14,18H,4-5,7-12H2,1-3H3/t14-,16?,17+/m1/s1. The fraction of sp³-hybridized carbons (Fsp3) is 0.882. The van der Waals surface area contributed by atoms with Crippen molar-refractivity contribution in [3.63, 3.8) is 0 Å². The highest BCUT2D eigenvalue weighted by Crippen LogP contribution is 2.64. The molecule has 2 fully saturated rings. The van der Waals surface area contributed by atoms with E-state index in [0.717, 1.165) is 12.8 Å². The molecule has 1 saturated heterocycles. The van der Waals surface area contributed by atoms with Gasteiger partial charge in [-0.25, -0.2) is 0 Å². The largest absolute Gasteiger partial charge is 0.396 e. The molecule has 3 aliphatic rings. The summed E-state index contributed by atoms with van der Waals surface area (Å²) in [6.45, 7) is 7.28. The summed E-state index contributed by atoms with van der Waals surface area (Å²) >= 11 is 0. The van der Waals surface area contributed by atoms with Crippen LogP contribution in [0.4, 0.5) is 0 Å². The van der Waals surface area contributed by atoms with Gasteiger partial charge >= 0.3 is 0 Å². The Bertz CT molecular complexity index is 398. The topological polar surface area (TPSA) is 29.5 Å². The molecule has 2 aliphatic carbocycles. The zero-order valence-corrected chi connectivity index (χ0v) is 12.7. The Balaban J connectivity index is 1.98. The lowest BCUT2D eigenvalue weighted by molar-refractivity contribution is -0.132. The highest BCUT2D eigenvalue weighted by molar-refractivity contribution is 5.31. The predicted molar refractivity (Wildman–Crippen MR) is 77.0 cm³/mol. The molecule has 3 rings (SSSR count). The van der Waals surface area contributed by atoms with Gasteiger partial charge in [-0.2, -0.15) is 0 Å². The smallest absolute Gasteiger partial charge is 0.0955 e. The second-order valence-electron chi connectivity index (χ2n) is 7.63. The minimum Gasteiger partial charge on any atom is -0.396 e. The average Bonchev–Trinajstić information content (AvgIpc) is 2.58. The monoisotopic (exact) mass is 264 g/mol. The first-order valence-electron chi connectivity index (χ1n) is 7.94. The maximum Gasteiger partial charge on any atom is 0.0955 e. The number of rotatable bonds is 3. The summed E-state index contributed by atoms with van der Waals surface area (Å²) in [6.07, 6.45) is 10.6. The molecule has 1 spiro atoms. The quantitative estimate of drug-likeness (QED) is 0.785. The molecule has 1 unspecified atom stereocenters. The van der Waals surface area contributed by atoms with E-state index >= 15 is 0 Å². The van der Waals surface area contributed by atoms with Crippen LogP contribution in [-0.4, -0.2) is 22.9 Å². The molecule has 1 heterocycles. The van der Waals surface area contributed by atoms with Crippen LogP contribution < -0.4 is 0 Å². The molecule has 1 aliphatic heterocycles. The maximum atomic E-state index is 9.16. The van der Waals surface area contributed by atoms with Crippen LogP contribution in [0.3, 0.4) is 0 Å². The number of fused-ring (bicyclic) bond motifs is 1. The molecule has 0 aromatic carbocycles. The molecule has 2 bridgehead atoms. The number of aliphatic hydroxyl groups excluding tert-OH is 1. The van der Waals surface area contributed by atoms with E-state index in [-0.39, 0.29) is 17.8 Å². The molecular formula is C17H28O2. The fourth-order valence-electron chi connectivity index (χ4n) is 4.90. The molecule has 19 heavy (non-hydrogen) atoms. The lowest BCUT2D eigenvalue weighted by Gasteiger charge is -2.52. The molecule has 1 saturated carbocycles. The Morgan fingerprint density at radius 3 is 2.84 bits per heavy atom. The molecule has 0 aromatic rings. The molecule has 0 amide bonds. The SMILES string of the molecule is CC1(C)O[C@]23C[C@H]1CCC2(C)CCC=C3CCCO. The third-order valence-corrected chi connectivity index (χ3v) is 6.18. The normalized spacial score (nSPS) is 43.8. The van der Waals surface area contributed by atoms with Gasteiger partial charge in [0.2, 0.25) is 0 Å². The van der Waals surface area contributed by atoms with Crippen molar-refractivity contribution in [3.05, 3.63) is 11.6 Å². The zero-order chi connectivity index (χ0) is 13.7. The summed E-state index contributed by atoms with van der Waals surface area (Å²) in [4.78, 5) is 0. The van der Waals surface area contributed by atoms with Crippen LogP contribution >= 0.6 is 0 Å². The molecule has 2 nitrogen and oxygen atoms in total. The summed E-state index contributed by atoms with van der Waals surface area (Å²) in [7, 11) is 0. The van der Waals surface area contributed by atoms with Gasteiger partial charge in [0.25, 0.3) is 0 Å². The van der Waals surface area contributed by atoms with Gasteiger partial charge in [0, 0.05) is 12.0 Å². The number of allylic oxidation sites excluding steroid dienone is 1. The van der Waals surface area contributed by atoms with Crippen LogP contribution in [0.25, 0.3) is 0 Å². The average molecular weight is 264 g/mol. The molecular weight excluding hydrogens is 236 g/mol. The number of hydrogen-bond acceptors (Lipinski definition) is 2. The third kappa shape index (κ3) is 1.83. The Labute approximate surface area is 117 Å². The number of hydrogen-bond donors (Lipinski definition) is 1. The zero-order valence-electron chi connectivity index (χ0n) is 12.7. The van der Waals surface area contributed by atoms with Crippen molar-refractivity contribution in [2.45, 2.75) is 76.9 Å². The number of ether oxygens (including phenoxy) is 1. The lowest BCUT2D eigenvalue weighted by Crippen LogP contribution is -2.51. The first kappa shape index (κ1) is 13.6. The summed E-state index contributed by atoms with van der Waals surface area (Å²) in [5.74, 6) is 0.705. The van der Waals surface area contributed by atoms with E-state index in [1.54, 1.807) is 0 Å². The van der Waals surface area contributed by atoms with E-state index < -0.39 is 0 Å². The fourth-order valence-corrected chi connectivity index (χ4v) is 4.90. The molecule has 3 atom stereocenters. The molecule has 0 aromatic heterocycles. The van der Waals surface area contributed by atoms with Crippen LogP contribution in [-0.2, 0) is 4.74 Å². The summed E-state index contributed by atoms with van der Waals surface area (Å²) < 4.78 is 6.73. The number of aliphatic hydroxyl groups is 1. The van der Waals surface area contributed by atoms with Gasteiger partial charge < -0.3 is 9.84 Å². The highest BCUT2D eigenvalue weighted by Gasteiger charge is 2.64. The van der Waals surface area contributed by atoms with E-state index in [1.165, 1.54) is 37.7 Å². The van der Waals surface area contributed by atoms with E-state index in [1.807, 2.05) is 0 Å². The van der Waals surface area contributed by atoms with Crippen molar-refractivity contribution in [1.82, 2.24) is 0 Å². The van der Waals surface area contributed by atoms with Crippen molar-refractivity contribution in [3.8, 4) is 0 Å². The second-order valence-corrected chi connectivity index (χ2v) is 7.63. The van der Waals surface area contributed by atoms with Gasteiger partial charge in [-0.3, -0.25) is 0 Å². The van der Waals surface area contributed by atoms with Gasteiger partial charge in [0.1, 0.15) is 0 Å². The molecule has 1 N–H and O–H groups in total. The van der Waals surface area contributed by atoms with Crippen molar-refractivity contribution >= 4 is 0 Å². The molecule has 108 valence electrons. The van der Waals surface area contributed by atoms with Crippen LogP contribution in [0.2, 0.25) is 0 Å². The van der Waals surface area contributed by atoms with E-state index in [2.05, 4.69) is 26.8 Å². The van der Waals surface area contributed by atoms with Crippen LogP contribution in [0, 0.1) is 11.3 Å². The van der Waals surface area contributed by atoms with Gasteiger partial charge in [-0.15, -0.1) is 0 Å². The van der Waals surface area contributed by atoms with E-state index in [4.69, 9.17) is 9.84 Å². The van der Waals surface area contributed by atoms with Crippen molar-refractivity contribution in [1.29, 1.82) is 0 Å². The summed E-state index contributed by atoms with van der Waals surface area (Å²) in [5.41, 5.74) is 1.81. The van der Waals surface area contributed by atoms with Crippen molar-refractivity contribution < 1.29 is 9.84 Å². The van der Waals surface area contributed by atoms with Crippen molar-refractivity contribution in [2.24, 2.45) is 11.3 Å². The second kappa shape index (κ2) is 4.33. The minimum absolute atomic E-state index is 0.0210. The van der Waals surface area contributed by atoms with Gasteiger partial charge in [-0.1, -0.05) is 13.0 Å². The summed E-state index contributed by atoms with van der Waals surface area (Å²) in [6, 6.07) is 0. The van der Waals surface area contributed by atoms with Crippen LogP contribution in [0.5, 0.6) is 0 Å². The predicted octanol–water partition coefficient (Wildman–Crippen LogP) is 3.83. The Hall–Kier alpha value is -0.340. The first-order chi connectivity index (χ1) is 8.94. The Kier molecular flexibility index (Phi) is 3.10. The van der Waals surface area contributed by atoms with Crippen molar-refractivity contribution in [2.75, 3.05) is 6.61 Å². The van der Waals surface area contributed by atoms with Gasteiger partial charge in [0.05, 0.1) is 11.2 Å².